The first-order valence-corrected chi connectivity index (χ1v) is 24.9. The van der Waals surface area contributed by atoms with Crippen LogP contribution in [0.2, 0.25) is 0 Å². The zero-order chi connectivity index (χ0) is 48.4. The van der Waals surface area contributed by atoms with Gasteiger partial charge in [-0.3, -0.25) is 4.79 Å². The van der Waals surface area contributed by atoms with Crippen LogP contribution in [-0.2, 0) is 33.2 Å². The average molecular weight is 954 g/mol. The van der Waals surface area contributed by atoms with E-state index in [2.05, 4.69) is 19.2 Å². The van der Waals surface area contributed by atoms with E-state index >= 15 is 0 Å². The normalized spacial score (nSPS) is 33.9. The van der Waals surface area contributed by atoms with Crippen LogP contribution in [0.3, 0.4) is 0 Å². The summed E-state index contributed by atoms with van der Waals surface area (Å²) in [5.74, 6) is -0.283. The Labute approximate surface area is 391 Å². The molecule has 0 bridgehead atoms. The van der Waals surface area contributed by atoms with Crippen LogP contribution in [0.1, 0.15) is 149 Å². The first-order valence-electron chi connectivity index (χ1n) is 24.9. The van der Waals surface area contributed by atoms with Gasteiger partial charge in [0.15, 0.2) is 18.9 Å². The van der Waals surface area contributed by atoms with E-state index in [1.807, 2.05) is 6.08 Å². The third kappa shape index (κ3) is 19.4. The first kappa shape index (κ1) is 58.8. The van der Waals surface area contributed by atoms with Crippen LogP contribution >= 0.6 is 0 Å². The highest BCUT2D eigenvalue weighted by molar-refractivity contribution is 5.76. The fraction of sp³-hybridized carbons (Fsp3) is 0.936. The number of rotatable bonds is 34. The molecule has 0 saturated carbocycles. The Morgan fingerprint density at radius 2 is 0.939 bits per heavy atom. The molecule has 3 aliphatic rings. The van der Waals surface area contributed by atoms with Crippen molar-refractivity contribution in [3.8, 4) is 0 Å². The van der Waals surface area contributed by atoms with Gasteiger partial charge in [0.25, 0.3) is 0 Å². The average Bonchev–Trinajstić information content (AvgIpc) is 3.31. The van der Waals surface area contributed by atoms with Gasteiger partial charge in [-0.1, -0.05) is 135 Å². The number of allylic oxidation sites excluding steroid dienone is 1. The minimum atomic E-state index is -1.97. The molecule has 388 valence electrons. The number of nitrogens with one attached hydrogen (secondary N) is 1. The number of hydrogen-bond acceptors (Lipinski definition) is 18. The van der Waals surface area contributed by atoms with Crippen molar-refractivity contribution in [1.29, 1.82) is 0 Å². The lowest BCUT2D eigenvalue weighted by Crippen LogP contribution is -2.66. The molecule has 0 aromatic carbocycles. The summed E-state index contributed by atoms with van der Waals surface area (Å²) < 4.78 is 34.0. The predicted molar refractivity (Wildman–Crippen MR) is 240 cm³/mol. The largest absolute Gasteiger partial charge is 0.394 e. The van der Waals surface area contributed by atoms with E-state index in [0.29, 0.717) is 6.42 Å². The molecule has 17 atom stereocenters. The van der Waals surface area contributed by atoms with Crippen molar-refractivity contribution in [2.75, 3.05) is 26.4 Å². The van der Waals surface area contributed by atoms with Gasteiger partial charge in [-0.25, -0.2) is 0 Å². The highest BCUT2D eigenvalue weighted by Crippen LogP contribution is 2.33. The van der Waals surface area contributed by atoms with E-state index in [1.165, 1.54) is 77.0 Å². The predicted octanol–water partition coefficient (Wildman–Crippen LogP) is 1.09. The first-order chi connectivity index (χ1) is 31.8. The third-order valence-electron chi connectivity index (χ3n) is 12.8. The van der Waals surface area contributed by atoms with E-state index in [1.54, 1.807) is 6.08 Å². The van der Waals surface area contributed by atoms with Crippen LogP contribution in [0.5, 0.6) is 0 Å². The van der Waals surface area contributed by atoms with Crippen molar-refractivity contribution >= 4 is 5.91 Å². The quantitative estimate of drug-likeness (QED) is 0.0317. The molecule has 3 aliphatic heterocycles. The Morgan fingerprint density at radius 1 is 0.530 bits per heavy atom. The van der Waals surface area contributed by atoms with Gasteiger partial charge in [0.05, 0.1) is 38.6 Å². The topological polar surface area (TPSA) is 307 Å². The molecular formula is C47H87NO18. The molecule has 0 spiro atoms. The summed E-state index contributed by atoms with van der Waals surface area (Å²) in [5, 5.41) is 119. The van der Waals surface area contributed by atoms with Gasteiger partial charge in [-0.15, -0.1) is 0 Å². The zero-order valence-corrected chi connectivity index (χ0v) is 39.4. The zero-order valence-electron chi connectivity index (χ0n) is 39.4. The lowest BCUT2D eigenvalue weighted by molar-refractivity contribution is -0.379. The van der Waals surface area contributed by atoms with E-state index in [-0.39, 0.29) is 18.9 Å². The summed E-state index contributed by atoms with van der Waals surface area (Å²) in [6.07, 6.45) is -0.443. The molecule has 12 N–H and O–H groups in total. The molecule has 17 unspecified atom stereocenters. The molecule has 19 nitrogen and oxygen atoms in total. The highest BCUT2D eigenvalue weighted by atomic mass is 16.8. The van der Waals surface area contributed by atoms with Crippen LogP contribution in [0.25, 0.3) is 0 Å². The molecule has 0 aliphatic carbocycles. The molecule has 3 rings (SSSR count). The Hall–Kier alpha value is -1.47. The van der Waals surface area contributed by atoms with Crippen LogP contribution in [-0.4, -0.2) is 193 Å². The summed E-state index contributed by atoms with van der Waals surface area (Å²) in [6.45, 7) is 1.63. The van der Waals surface area contributed by atoms with Gasteiger partial charge in [0, 0.05) is 6.42 Å². The summed E-state index contributed by atoms with van der Waals surface area (Å²) in [6, 6.07) is -0.963. The van der Waals surface area contributed by atoms with Crippen molar-refractivity contribution in [1.82, 2.24) is 5.32 Å². The summed E-state index contributed by atoms with van der Waals surface area (Å²) in [5.41, 5.74) is 0. The maximum atomic E-state index is 13.1. The van der Waals surface area contributed by atoms with Gasteiger partial charge < -0.3 is 89.9 Å². The molecule has 3 heterocycles. The second-order valence-electron chi connectivity index (χ2n) is 18.3. The summed E-state index contributed by atoms with van der Waals surface area (Å²) in [7, 11) is 0. The molecule has 19 heteroatoms. The maximum Gasteiger partial charge on any atom is 0.220 e. The van der Waals surface area contributed by atoms with E-state index < -0.39 is 124 Å². The molecule has 0 radical (unpaired) electrons. The molecule has 1 amide bonds. The molecule has 3 saturated heterocycles. The summed E-state index contributed by atoms with van der Waals surface area (Å²) >= 11 is 0. The number of carbonyl (C=O) groups is 1. The Balaban J connectivity index is 1.58. The van der Waals surface area contributed by atoms with Crippen LogP contribution in [0.4, 0.5) is 0 Å². The highest BCUT2D eigenvalue weighted by Gasteiger charge is 2.53. The van der Waals surface area contributed by atoms with Crippen LogP contribution < -0.4 is 5.32 Å². The number of aliphatic hydroxyl groups excluding tert-OH is 11. The van der Waals surface area contributed by atoms with Gasteiger partial charge >= 0.3 is 0 Å². The smallest absolute Gasteiger partial charge is 0.220 e. The number of ether oxygens (including phenoxy) is 6. The van der Waals surface area contributed by atoms with Crippen molar-refractivity contribution in [2.24, 2.45) is 0 Å². The fourth-order valence-electron chi connectivity index (χ4n) is 8.60. The van der Waals surface area contributed by atoms with E-state index in [0.717, 1.165) is 44.9 Å². The number of unbranched alkanes of at least 4 members (excludes halogenated alkanes) is 18. The summed E-state index contributed by atoms with van der Waals surface area (Å²) in [4.78, 5) is 13.1. The van der Waals surface area contributed by atoms with Gasteiger partial charge in [0.2, 0.25) is 5.91 Å². The Morgan fingerprint density at radius 3 is 1.42 bits per heavy atom. The van der Waals surface area contributed by atoms with Gasteiger partial charge in [0.1, 0.15) is 73.2 Å². The van der Waals surface area contributed by atoms with Crippen molar-refractivity contribution in [2.45, 2.75) is 253 Å². The fourth-order valence-corrected chi connectivity index (χ4v) is 8.60. The van der Waals surface area contributed by atoms with E-state index in [4.69, 9.17) is 28.4 Å². The van der Waals surface area contributed by atoms with Crippen molar-refractivity contribution < 1.29 is 89.4 Å². The van der Waals surface area contributed by atoms with Gasteiger partial charge in [-0.2, -0.15) is 0 Å². The Kier molecular flexibility index (Phi) is 29.6. The molecule has 0 aromatic heterocycles. The number of carbonyl (C=O) groups excluding carboxylic acids is 1. The number of amides is 1. The molecular weight excluding hydrogens is 867 g/mol. The second kappa shape index (κ2) is 33.2. The standard InChI is InChI=1S/C47H87NO18/c1-3-5-7-9-11-13-14-15-16-17-18-20-22-24-31(52)30(48-35(53)25-23-21-19-12-10-8-6-4-2)29-61-45-41(59)38(56)43(33(27-50)63-45)66-47-42(60)39(57)44(34(28-51)64-47)65-46-40(58)37(55)36(54)32(26-49)62-46/h22,24,30-34,36-47,49-52,54-60H,3-21,23,25-29H2,1-2H3,(H,48,53)/b24-22+. The maximum absolute atomic E-state index is 13.1. The minimum Gasteiger partial charge on any atom is -0.394 e. The van der Waals surface area contributed by atoms with Crippen molar-refractivity contribution in [3.63, 3.8) is 0 Å². The monoisotopic (exact) mass is 954 g/mol. The van der Waals surface area contributed by atoms with Crippen LogP contribution in [0.15, 0.2) is 12.2 Å². The third-order valence-corrected chi connectivity index (χ3v) is 12.8. The van der Waals surface area contributed by atoms with Crippen molar-refractivity contribution in [3.05, 3.63) is 12.2 Å². The van der Waals surface area contributed by atoms with Gasteiger partial charge in [-0.05, 0) is 19.3 Å². The van der Waals surface area contributed by atoms with Crippen LogP contribution in [0, 0.1) is 0 Å². The Bertz CT molecular complexity index is 1280. The molecule has 3 fully saturated rings. The van der Waals surface area contributed by atoms with E-state index in [9.17, 15) is 61.0 Å². The number of hydrogen-bond donors (Lipinski definition) is 12. The SMILES string of the molecule is CCCCCCCCCCCCC/C=C/C(O)C(COC1OC(CO)C(OC2OC(CO)C(OC3OC(CO)C(O)C(O)C3O)C(O)C2O)C(O)C1O)NC(=O)CCCCCCCCCC. The lowest BCUT2D eigenvalue weighted by Gasteiger charge is -2.48. The molecule has 0 aromatic rings. The lowest BCUT2D eigenvalue weighted by atomic mass is 9.96. The number of aliphatic hydroxyl groups is 11. The second-order valence-corrected chi connectivity index (χ2v) is 18.3. The minimum absolute atomic E-state index is 0.245. The molecule has 66 heavy (non-hydrogen) atoms.